The van der Waals surface area contributed by atoms with Crippen LogP contribution in [-0.4, -0.2) is 46.2 Å². The average molecular weight is 293 g/mol. The zero-order valence-corrected chi connectivity index (χ0v) is 13.0. The van der Waals surface area contributed by atoms with Crippen molar-refractivity contribution in [2.24, 2.45) is 0 Å². The molecule has 0 aromatic carbocycles. The van der Waals surface area contributed by atoms with Gasteiger partial charge in [-0.15, -0.1) is 0 Å². The summed E-state index contributed by atoms with van der Waals surface area (Å²) in [4.78, 5) is 17.0. The largest absolute Gasteiger partial charge is 0.674 e. The quantitative estimate of drug-likeness (QED) is 0.349. The molecule has 0 heterocycles. The summed E-state index contributed by atoms with van der Waals surface area (Å²) in [5.41, 5.74) is 0. The minimum Gasteiger partial charge on any atom is -0.448 e. The fourth-order valence-electron chi connectivity index (χ4n) is 1.32. The van der Waals surface area contributed by atoms with E-state index in [0.717, 1.165) is 11.0 Å². The molecule has 0 aromatic heterocycles. The molecule has 0 aliphatic heterocycles. The van der Waals surface area contributed by atoms with Crippen LogP contribution < -0.4 is 0 Å². The van der Waals surface area contributed by atoms with Crippen LogP contribution in [0.1, 0.15) is 27.7 Å². The van der Waals surface area contributed by atoms with Crippen molar-refractivity contribution in [3.8, 4) is 0 Å². The Bertz CT molecular complexity index is 259. The van der Waals surface area contributed by atoms with E-state index in [-0.39, 0.29) is 6.61 Å². The maximum absolute atomic E-state index is 11.9. The summed E-state index contributed by atoms with van der Waals surface area (Å²) in [6.45, 7) is 11.6. The summed E-state index contributed by atoms with van der Waals surface area (Å²) in [5.74, 6) is 0. The molecule has 8 heteroatoms. The molecule has 0 radical (unpaired) electrons. The summed E-state index contributed by atoms with van der Waals surface area (Å²) in [7, 11) is -3.48. The Hall–Kier alpha value is -1.09. The van der Waals surface area contributed by atoms with E-state index in [1.165, 1.54) is 0 Å². The van der Waals surface area contributed by atoms with Crippen LogP contribution in [0.4, 0.5) is 4.79 Å². The summed E-state index contributed by atoms with van der Waals surface area (Å²) >= 11 is 0. The first-order valence-electron chi connectivity index (χ1n) is 6.28. The Labute approximate surface area is 115 Å². The second-order valence-electron chi connectivity index (χ2n) is 3.09. The normalized spacial score (nSPS) is 10.9. The number of hydrogen-bond acceptors (Lipinski definition) is 6. The minimum atomic E-state index is -3.48. The fourth-order valence-corrected chi connectivity index (χ4v) is 3.51. The van der Waals surface area contributed by atoms with Gasteiger partial charge in [-0.1, -0.05) is 11.3 Å². The molecule has 1 amide bonds. The molecule has 112 valence electrons. The predicted octanol–water partition coefficient (Wildman–Crippen LogP) is 2.07. The van der Waals surface area contributed by atoms with Gasteiger partial charge in [0.2, 0.25) is 0 Å². The first-order valence-corrected chi connectivity index (χ1v) is 7.95. The standard InChI is InChI=1S/C11H23NO6Si/c1-6-14-11(13)12(15-7-2)19(16-8-3,17-9-4)18-10-5/h7H,2,6,8-10H2,1,3-5H3. The Balaban J connectivity index is 5.28. The number of amides is 1. The van der Waals surface area contributed by atoms with Gasteiger partial charge in [0.1, 0.15) is 6.26 Å². The lowest BCUT2D eigenvalue weighted by atomic mass is 10.9. The van der Waals surface area contributed by atoms with Gasteiger partial charge >= 0.3 is 15.1 Å². The SMILES string of the molecule is C=CON(C(=O)OCC)[Si](OCC)(OCC)OCC. The molecule has 0 saturated carbocycles. The van der Waals surface area contributed by atoms with E-state index in [9.17, 15) is 4.79 Å². The Morgan fingerprint density at radius 2 is 1.53 bits per heavy atom. The molecule has 0 unspecified atom stereocenters. The zero-order chi connectivity index (χ0) is 14.7. The van der Waals surface area contributed by atoms with Crippen molar-refractivity contribution in [2.45, 2.75) is 27.7 Å². The summed E-state index contributed by atoms with van der Waals surface area (Å²) in [5, 5.41) is 0. The van der Waals surface area contributed by atoms with E-state index in [1.807, 2.05) is 0 Å². The van der Waals surface area contributed by atoms with Crippen molar-refractivity contribution in [1.29, 1.82) is 0 Å². The van der Waals surface area contributed by atoms with Gasteiger partial charge in [0.05, 0.1) is 6.61 Å². The second-order valence-corrected chi connectivity index (χ2v) is 5.41. The summed E-state index contributed by atoms with van der Waals surface area (Å²) < 4.78 is 22.4. The lowest BCUT2D eigenvalue weighted by Crippen LogP contribution is -2.62. The maximum Gasteiger partial charge on any atom is 0.674 e. The number of rotatable bonds is 10. The Kier molecular flexibility index (Phi) is 9.22. The molecule has 0 aliphatic rings. The van der Waals surface area contributed by atoms with Crippen LogP contribution in [0.5, 0.6) is 0 Å². The molecule has 0 fully saturated rings. The van der Waals surface area contributed by atoms with Crippen LogP contribution in [-0.2, 0) is 22.9 Å². The summed E-state index contributed by atoms with van der Waals surface area (Å²) in [6, 6.07) is 0. The number of hydrogen-bond donors (Lipinski definition) is 0. The fraction of sp³-hybridized carbons (Fsp3) is 0.727. The van der Waals surface area contributed by atoms with Crippen LogP contribution in [0, 0.1) is 0 Å². The molecule has 0 aliphatic carbocycles. The molecule has 0 bridgehead atoms. The molecule has 0 spiro atoms. The highest BCUT2D eigenvalue weighted by Crippen LogP contribution is 2.18. The number of carbonyl (C=O) groups excluding carboxylic acids is 1. The lowest BCUT2D eigenvalue weighted by Gasteiger charge is -2.34. The topological polar surface area (TPSA) is 66.5 Å². The molecule has 7 nitrogen and oxygen atoms in total. The predicted molar refractivity (Wildman–Crippen MR) is 70.8 cm³/mol. The third kappa shape index (κ3) is 5.19. The van der Waals surface area contributed by atoms with Crippen molar-refractivity contribution in [3.63, 3.8) is 0 Å². The highest BCUT2D eigenvalue weighted by molar-refractivity contribution is 6.59. The van der Waals surface area contributed by atoms with Crippen molar-refractivity contribution >= 4 is 15.1 Å². The Morgan fingerprint density at radius 1 is 1.05 bits per heavy atom. The van der Waals surface area contributed by atoms with Gasteiger partial charge in [0.25, 0.3) is 0 Å². The van der Waals surface area contributed by atoms with Gasteiger partial charge in [-0.05, 0) is 27.7 Å². The van der Waals surface area contributed by atoms with E-state index < -0.39 is 15.1 Å². The molecule has 0 saturated heterocycles. The third-order valence-corrected chi connectivity index (χ3v) is 4.59. The molecular formula is C11H23NO6Si. The van der Waals surface area contributed by atoms with Gasteiger partial charge in [-0.25, -0.2) is 4.79 Å². The van der Waals surface area contributed by atoms with E-state index in [0.29, 0.717) is 19.8 Å². The van der Waals surface area contributed by atoms with E-state index in [1.54, 1.807) is 27.7 Å². The van der Waals surface area contributed by atoms with Crippen LogP contribution in [0.2, 0.25) is 0 Å². The molecule has 0 atom stereocenters. The van der Waals surface area contributed by atoms with E-state index in [2.05, 4.69) is 6.58 Å². The van der Waals surface area contributed by atoms with Gasteiger partial charge in [-0.2, -0.15) is 0 Å². The van der Waals surface area contributed by atoms with Crippen molar-refractivity contribution in [3.05, 3.63) is 12.8 Å². The molecule has 19 heavy (non-hydrogen) atoms. The van der Waals surface area contributed by atoms with Crippen molar-refractivity contribution < 1.29 is 27.6 Å². The Morgan fingerprint density at radius 3 is 1.84 bits per heavy atom. The van der Waals surface area contributed by atoms with Crippen molar-refractivity contribution in [1.82, 2.24) is 4.73 Å². The maximum atomic E-state index is 11.9. The van der Waals surface area contributed by atoms with Crippen molar-refractivity contribution in [2.75, 3.05) is 26.4 Å². The molecule has 0 N–H and O–H groups in total. The number of ether oxygens (including phenoxy) is 1. The van der Waals surface area contributed by atoms with Gasteiger partial charge in [0.15, 0.2) is 0 Å². The second kappa shape index (κ2) is 9.79. The van der Waals surface area contributed by atoms with Gasteiger partial charge in [0, 0.05) is 19.8 Å². The van der Waals surface area contributed by atoms with E-state index in [4.69, 9.17) is 22.9 Å². The molecule has 0 aromatic rings. The zero-order valence-electron chi connectivity index (χ0n) is 12.0. The minimum absolute atomic E-state index is 0.199. The highest BCUT2D eigenvalue weighted by atomic mass is 28.4. The molecular weight excluding hydrogens is 270 g/mol. The van der Waals surface area contributed by atoms with Crippen LogP contribution in [0.25, 0.3) is 0 Å². The average Bonchev–Trinajstić information content (AvgIpc) is 2.37. The number of carbonyl (C=O) groups is 1. The lowest BCUT2D eigenvalue weighted by molar-refractivity contribution is -0.105. The smallest absolute Gasteiger partial charge is 0.448 e. The van der Waals surface area contributed by atoms with Gasteiger partial charge in [-0.3, -0.25) is 0 Å². The third-order valence-electron chi connectivity index (χ3n) is 1.84. The number of nitrogens with zero attached hydrogens (tertiary/aromatic N) is 1. The summed E-state index contributed by atoms with van der Waals surface area (Å²) in [6.07, 6.45) is 0.361. The first kappa shape index (κ1) is 17.9. The highest BCUT2D eigenvalue weighted by Gasteiger charge is 2.55. The van der Waals surface area contributed by atoms with E-state index >= 15 is 0 Å². The van der Waals surface area contributed by atoms with Crippen LogP contribution in [0.15, 0.2) is 12.8 Å². The monoisotopic (exact) mass is 293 g/mol. The van der Waals surface area contributed by atoms with Crippen LogP contribution in [0.3, 0.4) is 0 Å². The number of hydroxylamine groups is 1. The van der Waals surface area contributed by atoms with Crippen LogP contribution >= 0.6 is 0 Å². The first-order chi connectivity index (χ1) is 9.11. The molecule has 0 rings (SSSR count). The van der Waals surface area contributed by atoms with Gasteiger partial charge < -0.3 is 22.9 Å².